The number of aromatic nitrogens is 2. The maximum atomic E-state index is 12.0. The van der Waals surface area contributed by atoms with Gasteiger partial charge in [-0.2, -0.15) is 0 Å². The highest BCUT2D eigenvalue weighted by molar-refractivity contribution is 7.09. The Morgan fingerprint density at radius 2 is 2.04 bits per heavy atom. The molecule has 28 heavy (non-hydrogen) atoms. The van der Waals surface area contributed by atoms with Crippen LogP contribution in [0.15, 0.2) is 48.1 Å². The van der Waals surface area contributed by atoms with Crippen LogP contribution in [0.4, 0.5) is 0 Å². The molecule has 0 spiro atoms. The van der Waals surface area contributed by atoms with Crippen molar-refractivity contribution in [3.8, 4) is 17.0 Å². The average Bonchev–Trinajstić information content (AvgIpc) is 3.19. The van der Waals surface area contributed by atoms with Gasteiger partial charge in [-0.3, -0.25) is 9.78 Å². The number of rotatable bonds is 9. The number of benzene rings is 1. The Kier molecular flexibility index (Phi) is 7.39. The van der Waals surface area contributed by atoms with E-state index in [1.165, 1.54) is 0 Å². The van der Waals surface area contributed by atoms with Crippen molar-refractivity contribution in [3.05, 3.63) is 63.7 Å². The van der Waals surface area contributed by atoms with E-state index in [4.69, 9.17) is 16.3 Å². The predicted octanol–water partition coefficient (Wildman–Crippen LogP) is 4.55. The van der Waals surface area contributed by atoms with E-state index in [1.807, 2.05) is 30.3 Å². The highest BCUT2D eigenvalue weighted by atomic mass is 35.5. The van der Waals surface area contributed by atoms with Gasteiger partial charge in [-0.05, 0) is 42.7 Å². The molecule has 2 aromatic heterocycles. The molecule has 1 amide bonds. The number of carbonyl (C=O) groups excluding carboxylic acids is 1. The first-order valence-electron chi connectivity index (χ1n) is 9.09. The average molecular weight is 416 g/mol. The number of hydrogen-bond acceptors (Lipinski definition) is 5. The Morgan fingerprint density at radius 3 is 2.79 bits per heavy atom. The fraction of sp³-hybridized carbons (Fsp3) is 0.286. The van der Waals surface area contributed by atoms with Crippen LogP contribution >= 0.6 is 22.9 Å². The largest absolute Gasteiger partial charge is 0.495 e. The van der Waals surface area contributed by atoms with Gasteiger partial charge in [0.25, 0.3) is 0 Å². The van der Waals surface area contributed by atoms with Crippen LogP contribution in [-0.4, -0.2) is 29.5 Å². The van der Waals surface area contributed by atoms with Gasteiger partial charge in [-0.15, -0.1) is 11.3 Å². The lowest BCUT2D eigenvalue weighted by Crippen LogP contribution is -2.24. The smallest absolute Gasteiger partial charge is 0.220 e. The van der Waals surface area contributed by atoms with E-state index in [0.29, 0.717) is 30.2 Å². The lowest BCUT2D eigenvalue weighted by molar-refractivity contribution is -0.121. The maximum absolute atomic E-state index is 12.0. The molecule has 0 saturated carbocycles. The minimum atomic E-state index is 0.0450. The molecule has 146 valence electrons. The van der Waals surface area contributed by atoms with Gasteiger partial charge in [-0.25, -0.2) is 4.98 Å². The van der Waals surface area contributed by atoms with Gasteiger partial charge in [0.05, 0.1) is 22.8 Å². The normalized spacial score (nSPS) is 10.6. The van der Waals surface area contributed by atoms with Gasteiger partial charge in [0, 0.05) is 42.7 Å². The molecular formula is C21H22ClN3O2S. The van der Waals surface area contributed by atoms with Crippen molar-refractivity contribution in [2.24, 2.45) is 0 Å². The topological polar surface area (TPSA) is 64.1 Å². The molecule has 0 unspecified atom stereocenters. The number of nitrogens with one attached hydrogen (secondary N) is 1. The van der Waals surface area contributed by atoms with Gasteiger partial charge < -0.3 is 10.1 Å². The van der Waals surface area contributed by atoms with Gasteiger partial charge in [0.2, 0.25) is 5.91 Å². The molecular weight excluding hydrogens is 394 g/mol. The van der Waals surface area contributed by atoms with Crippen LogP contribution < -0.4 is 10.1 Å². The zero-order chi connectivity index (χ0) is 19.8. The molecule has 3 aromatic rings. The first kappa shape index (κ1) is 20.3. The minimum absolute atomic E-state index is 0.0450. The van der Waals surface area contributed by atoms with E-state index >= 15 is 0 Å². The van der Waals surface area contributed by atoms with Crippen molar-refractivity contribution in [1.82, 2.24) is 15.3 Å². The maximum Gasteiger partial charge on any atom is 0.220 e. The third-order valence-corrected chi connectivity index (χ3v) is 5.48. The van der Waals surface area contributed by atoms with Crippen molar-refractivity contribution in [2.75, 3.05) is 13.7 Å². The van der Waals surface area contributed by atoms with E-state index in [1.54, 1.807) is 30.8 Å². The van der Waals surface area contributed by atoms with Gasteiger partial charge in [0.1, 0.15) is 5.75 Å². The van der Waals surface area contributed by atoms with Crippen molar-refractivity contribution >= 4 is 28.8 Å². The summed E-state index contributed by atoms with van der Waals surface area (Å²) >= 11 is 7.76. The fourth-order valence-corrected chi connectivity index (χ4v) is 3.89. The van der Waals surface area contributed by atoms with Crippen LogP contribution in [0.25, 0.3) is 11.3 Å². The highest BCUT2D eigenvalue weighted by Crippen LogP contribution is 2.25. The monoisotopic (exact) mass is 415 g/mol. The molecule has 1 N–H and O–H groups in total. The van der Waals surface area contributed by atoms with E-state index in [9.17, 15) is 4.79 Å². The molecule has 5 nitrogen and oxygen atoms in total. The summed E-state index contributed by atoms with van der Waals surface area (Å²) in [6.07, 6.45) is 6.34. The van der Waals surface area contributed by atoms with Crippen molar-refractivity contribution in [1.29, 1.82) is 0 Å². The molecule has 2 heterocycles. The molecule has 0 aliphatic rings. The molecule has 0 saturated heterocycles. The van der Waals surface area contributed by atoms with Crippen molar-refractivity contribution in [3.63, 3.8) is 0 Å². The van der Waals surface area contributed by atoms with Gasteiger partial charge in [0.15, 0.2) is 0 Å². The van der Waals surface area contributed by atoms with Crippen LogP contribution in [0.3, 0.4) is 0 Å². The molecule has 7 heteroatoms. The first-order chi connectivity index (χ1) is 13.7. The van der Waals surface area contributed by atoms with Crippen molar-refractivity contribution in [2.45, 2.75) is 25.7 Å². The summed E-state index contributed by atoms with van der Waals surface area (Å²) in [6.45, 7) is 0.645. The Bertz CT molecular complexity index is 915. The Hall–Kier alpha value is -2.44. The fourth-order valence-electron chi connectivity index (χ4n) is 2.76. The highest BCUT2D eigenvalue weighted by Gasteiger charge is 2.07. The van der Waals surface area contributed by atoms with Gasteiger partial charge in [-0.1, -0.05) is 17.7 Å². The number of nitrogens with zero attached hydrogens (tertiary/aromatic N) is 2. The van der Waals surface area contributed by atoms with E-state index in [0.717, 1.165) is 34.7 Å². The molecule has 1 aromatic carbocycles. The summed E-state index contributed by atoms with van der Waals surface area (Å²) in [7, 11) is 1.58. The van der Waals surface area contributed by atoms with Crippen LogP contribution in [0.5, 0.6) is 5.75 Å². The summed E-state index contributed by atoms with van der Waals surface area (Å²) in [4.78, 5) is 20.7. The first-order valence-corrected chi connectivity index (χ1v) is 10.4. The molecule has 0 atom stereocenters. The molecule has 0 aliphatic carbocycles. The van der Waals surface area contributed by atoms with Crippen LogP contribution in [0.2, 0.25) is 5.02 Å². The van der Waals surface area contributed by atoms with E-state index < -0.39 is 0 Å². The lowest BCUT2D eigenvalue weighted by atomic mass is 10.1. The number of pyridine rings is 1. The molecule has 0 bridgehead atoms. The van der Waals surface area contributed by atoms with Crippen LogP contribution in [0, 0.1) is 0 Å². The second-order valence-corrected chi connectivity index (χ2v) is 7.63. The van der Waals surface area contributed by atoms with Crippen LogP contribution in [-0.2, 0) is 17.6 Å². The summed E-state index contributed by atoms with van der Waals surface area (Å²) < 4.78 is 5.14. The standard InChI is InChI=1S/C21H22ClN3O2S/c1-27-19-6-4-15(13-17(19)22)5-7-20(26)24-10-2-3-21-25-18(14-28-21)16-8-11-23-12-9-16/h4,6,8-9,11-14H,2-3,5,7,10H2,1H3,(H,24,26). The number of carbonyl (C=O) groups is 1. The van der Waals surface area contributed by atoms with Crippen LogP contribution in [0.1, 0.15) is 23.4 Å². The second-order valence-electron chi connectivity index (χ2n) is 6.28. The Morgan fingerprint density at radius 1 is 1.21 bits per heavy atom. The lowest BCUT2D eigenvalue weighted by Gasteiger charge is -2.07. The third-order valence-electron chi connectivity index (χ3n) is 4.27. The zero-order valence-electron chi connectivity index (χ0n) is 15.7. The summed E-state index contributed by atoms with van der Waals surface area (Å²) in [5.74, 6) is 0.688. The summed E-state index contributed by atoms with van der Waals surface area (Å²) in [5.41, 5.74) is 3.07. The molecule has 0 aliphatic heterocycles. The number of halogens is 1. The zero-order valence-corrected chi connectivity index (χ0v) is 17.2. The molecule has 0 fully saturated rings. The Labute approximate surface area is 173 Å². The summed E-state index contributed by atoms with van der Waals surface area (Å²) in [6, 6.07) is 9.51. The number of ether oxygens (including phenoxy) is 1. The number of amides is 1. The second kappa shape index (κ2) is 10.2. The minimum Gasteiger partial charge on any atom is -0.495 e. The summed E-state index contributed by atoms with van der Waals surface area (Å²) in [5, 5.41) is 6.67. The van der Waals surface area contributed by atoms with E-state index in [2.05, 4.69) is 20.7 Å². The third kappa shape index (κ3) is 5.78. The number of hydrogen-bond donors (Lipinski definition) is 1. The molecule has 0 radical (unpaired) electrons. The van der Waals surface area contributed by atoms with Crippen molar-refractivity contribution < 1.29 is 9.53 Å². The number of aryl methyl sites for hydroxylation is 2. The predicted molar refractivity (Wildman–Crippen MR) is 113 cm³/mol. The SMILES string of the molecule is COc1ccc(CCC(=O)NCCCc2nc(-c3ccncc3)cs2)cc1Cl. The number of thiazole rings is 1. The number of methoxy groups -OCH3 is 1. The van der Waals surface area contributed by atoms with Gasteiger partial charge >= 0.3 is 0 Å². The molecule has 3 rings (SSSR count). The van der Waals surface area contributed by atoms with E-state index in [-0.39, 0.29) is 5.91 Å². The Balaban J connectivity index is 1.37. The quantitative estimate of drug-likeness (QED) is 0.521.